The van der Waals surface area contributed by atoms with Gasteiger partial charge in [0, 0.05) is 23.5 Å². The number of hydrogen-bond acceptors (Lipinski definition) is 2. The lowest BCUT2D eigenvalue weighted by Gasteiger charge is -2.09. The molecule has 3 aromatic rings. The van der Waals surface area contributed by atoms with Gasteiger partial charge in [-0.15, -0.1) is 0 Å². The lowest BCUT2D eigenvalue weighted by molar-refractivity contribution is 1.06. The number of para-hydroxylation sites is 1. The minimum atomic E-state index is 0.674. The van der Waals surface area contributed by atoms with E-state index in [2.05, 4.69) is 9.97 Å². The maximum absolute atomic E-state index is 6.18. The number of aromatic nitrogens is 3. The van der Waals surface area contributed by atoms with Gasteiger partial charge in [0.2, 0.25) is 0 Å². The van der Waals surface area contributed by atoms with E-state index >= 15 is 0 Å². The van der Waals surface area contributed by atoms with Gasteiger partial charge in [-0.1, -0.05) is 23.7 Å². The van der Waals surface area contributed by atoms with Crippen molar-refractivity contribution in [2.45, 2.75) is 6.92 Å². The predicted octanol–water partition coefficient (Wildman–Crippen LogP) is 3.38. The standard InChI is InChI=1S/C13H10ClN3/c1-9-7-12(17-6-5-15-8-17)10-3-2-4-11(14)13(10)16-9/h2-8H,1H3. The smallest absolute Gasteiger partial charge is 0.0991 e. The van der Waals surface area contributed by atoms with E-state index in [9.17, 15) is 0 Å². The fourth-order valence-corrected chi connectivity index (χ4v) is 2.15. The average Bonchev–Trinajstić information content (AvgIpc) is 2.83. The van der Waals surface area contributed by atoms with Crippen molar-refractivity contribution >= 4 is 22.5 Å². The van der Waals surface area contributed by atoms with E-state index < -0.39 is 0 Å². The van der Waals surface area contributed by atoms with Crippen LogP contribution in [0.15, 0.2) is 43.0 Å². The van der Waals surface area contributed by atoms with Crippen LogP contribution in [0.3, 0.4) is 0 Å². The number of benzene rings is 1. The van der Waals surface area contributed by atoms with Gasteiger partial charge in [-0.3, -0.25) is 4.98 Å². The zero-order valence-electron chi connectivity index (χ0n) is 9.26. The Morgan fingerprint density at radius 1 is 1.29 bits per heavy atom. The molecule has 0 saturated carbocycles. The molecule has 0 bridgehead atoms. The van der Waals surface area contributed by atoms with Crippen LogP contribution in [0.5, 0.6) is 0 Å². The molecule has 0 radical (unpaired) electrons. The summed E-state index contributed by atoms with van der Waals surface area (Å²) in [5.74, 6) is 0. The molecule has 0 saturated heterocycles. The van der Waals surface area contributed by atoms with E-state index in [0.29, 0.717) is 5.02 Å². The first-order valence-electron chi connectivity index (χ1n) is 5.30. The maximum Gasteiger partial charge on any atom is 0.0991 e. The van der Waals surface area contributed by atoms with Crippen molar-refractivity contribution in [1.29, 1.82) is 0 Å². The van der Waals surface area contributed by atoms with E-state index in [1.54, 1.807) is 12.5 Å². The zero-order chi connectivity index (χ0) is 11.8. The highest BCUT2D eigenvalue weighted by Gasteiger charge is 2.07. The second-order valence-electron chi connectivity index (χ2n) is 3.89. The van der Waals surface area contributed by atoms with Gasteiger partial charge in [0.05, 0.1) is 22.6 Å². The fraction of sp³-hybridized carbons (Fsp3) is 0.0769. The van der Waals surface area contributed by atoms with Crippen LogP contribution in [0.4, 0.5) is 0 Å². The lowest BCUT2D eigenvalue weighted by atomic mass is 10.1. The SMILES string of the molecule is Cc1cc(-n2ccnc2)c2cccc(Cl)c2n1. The first-order chi connectivity index (χ1) is 8.25. The molecule has 1 aromatic carbocycles. The highest BCUT2D eigenvalue weighted by Crippen LogP contribution is 2.27. The van der Waals surface area contributed by atoms with Crippen LogP contribution in [0.2, 0.25) is 5.02 Å². The molecular weight excluding hydrogens is 234 g/mol. The number of halogens is 1. The van der Waals surface area contributed by atoms with Crippen LogP contribution in [-0.2, 0) is 0 Å². The first-order valence-corrected chi connectivity index (χ1v) is 5.68. The van der Waals surface area contributed by atoms with Crippen LogP contribution in [0.25, 0.3) is 16.6 Å². The molecule has 4 heteroatoms. The fourth-order valence-electron chi connectivity index (χ4n) is 1.94. The molecule has 0 aliphatic heterocycles. The van der Waals surface area contributed by atoms with E-state index in [-0.39, 0.29) is 0 Å². The van der Waals surface area contributed by atoms with Crippen molar-refractivity contribution in [3.8, 4) is 5.69 Å². The summed E-state index contributed by atoms with van der Waals surface area (Å²) in [6.07, 6.45) is 5.44. The van der Waals surface area contributed by atoms with Crippen LogP contribution in [0.1, 0.15) is 5.69 Å². The number of pyridine rings is 1. The summed E-state index contributed by atoms with van der Waals surface area (Å²) in [7, 11) is 0. The number of imidazole rings is 1. The van der Waals surface area contributed by atoms with Gasteiger partial charge in [0.15, 0.2) is 0 Å². The molecule has 0 fully saturated rings. The molecule has 0 amide bonds. The molecule has 0 aliphatic rings. The third-order valence-corrected chi connectivity index (χ3v) is 2.98. The van der Waals surface area contributed by atoms with E-state index in [4.69, 9.17) is 11.6 Å². The van der Waals surface area contributed by atoms with Crippen LogP contribution in [-0.4, -0.2) is 14.5 Å². The second-order valence-corrected chi connectivity index (χ2v) is 4.30. The van der Waals surface area contributed by atoms with Gasteiger partial charge in [-0.25, -0.2) is 4.98 Å². The predicted molar refractivity (Wildman–Crippen MR) is 68.6 cm³/mol. The Morgan fingerprint density at radius 2 is 2.18 bits per heavy atom. The largest absolute Gasteiger partial charge is 0.306 e. The van der Waals surface area contributed by atoms with Gasteiger partial charge < -0.3 is 4.57 Å². The Morgan fingerprint density at radius 3 is 2.94 bits per heavy atom. The van der Waals surface area contributed by atoms with Crippen molar-refractivity contribution in [3.05, 3.63) is 53.7 Å². The molecule has 0 atom stereocenters. The molecule has 0 spiro atoms. The molecule has 2 aromatic heterocycles. The Balaban J connectivity index is 2.42. The van der Waals surface area contributed by atoms with E-state index in [1.165, 1.54) is 0 Å². The third kappa shape index (κ3) is 1.68. The quantitative estimate of drug-likeness (QED) is 0.656. The summed E-state index contributed by atoms with van der Waals surface area (Å²) in [4.78, 5) is 8.55. The summed E-state index contributed by atoms with van der Waals surface area (Å²) in [6.45, 7) is 1.96. The monoisotopic (exact) mass is 243 g/mol. The van der Waals surface area contributed by atoms with Gasteiger partial charge in [-0.05, 0) is 19.1 Å². The Hall–Kier alpha value is -1.87. The van der Waals surface area contributed by atoms with Crippen molar-refractivity contribution < 1.29 is 0 Å². The van der Waals surface area contributed by atoms with Gasteiger partial charge in [-0.2, -0.15) is 0 Å². The van der Waals surface area contributed by atoms with Crippen LogP contribution >= 0.6 is 11.6 Å². The molecule has 3 rings (SSSR count). The molecule has 3 nitrogen and oxygen atoms in total. The van der Waals surface area contributed by atoms with Gasteiger partial charge in [0.1, 0.15) is 0 Å². The zero-order valence-corrected chi connectivity index (χ0v) is 10.0. The molecule has 17 heavy (non-hydrogen) atoms. The molecule has 2 heterocycles. The molecule has 84 valence electrons. The number of nitrogens with zero attached hydrogens (tertiary/aromatic N) is 3. The summed E-state index contributed by atoms with van der Waals surface area (Å²) >= 11 is 6.18. The average molecular weight is 244 g/mol. The Labute approximate surface area is 104 Å². The highest BCUT2D eigenvalue weighted by molar-refractivity contribution is 6.35. The van der Waals surface area contributed by atoms with E-state index in [1.807, 2.05) is 42.0 Å². The number of fused-ring (bicyclic) bond motifs is 1. The minimum Gasteiger partial charge on any atom is -0.306 e. The summed E-state index contributed by atoms with van der Waals surface area (Å²) in [5, 5.41) is 1.70. The number of hydrogen-bond donors (Lipinski definition) is 0. The third-order valence-electron chi connectivity index (χ3n) is 2.68. The minimum absolute atomic E-state index is 0.674. The summed E-state index contributed by atoms with van der Waals surface area (Å²) in [5.41, 5.74) is 2.82. The second kappa shape index (κ2) is 3.86. The molecule has 0 unspecified atom stereocenters. The molecule has 0 N–H and O–H groups in total. The molecule has 0 aliphatic carbocycles. The number of aryl methyl sites for hydroxylation is 1. The van der Waals surface area contributed by atoms with Crippen LogP contribution in [0, 0.1) is 6.92 Å². The van der Waals surface area contributed by atoms with Gasteiger partial charge in [0.25, 0.3) is 0 Å². The highest BCUT2D eigenvalue weighted by atomic mass is 35.5. The number of rotatable bonds is 1. The van der Waals surface area contributed by atoms with Crippen molar-refractivity contribution in [1.82, 2.24) is 14.5 Å². The topological polar surface area (TPSA) is 30.7 Å². The Bertz CT molecular complexity index is 674. The van der Waals surface area contributed by atoms with Crippen molar-refractivity contribution in [3.63, 3.8) is 0 Å². The first kappa shape index (κ1) is 10.3. The van der Waals surface area contributed by atoms with Crippen LogP contribution < -0.4 is 0 Å². The lowest BCUT2D eigenvalue weighted by Crippen LogP contribution is -1.95. The Kier molecular flexibility index (Phi) is 2.34. The van der Waals surface area contributed by atoms with Crippen molar-refractivity contribution in [2.75, 3.05) is 0 Å². The van der Waals surface area contributed by atoms with Gasteiger partial charge >= 0.3 is 0 Å². The van der Waals surface area contributed by atoms with E-state index in [0.717, 1.165) is 22.3 Å². The molecular formula is C13H10ClN3. The maximum atomic E-state index is 6.18. The summed E-state index contributed by atoms with van der Waals surface area (Å²) < 4.78 is 1.97. The normalized spacial score (nSPS) is 10.9. The van der Waals surface area contributed by atoms with Crippen molar-refractivity contribution in [2.24, 2.45) is 0 Å². The summed E-state index contributed by atoms with van der Waals surface area (Å²) in [6, 6.07) is 7.83.